The molecule has 1 saturated carbocycles. The van der Waals surface area contributed by atoms with E-state index in [0.717, 1.165) is 50.0 Å². The quantitative estimate of drug-likeness (QED) is 0.793. The van der Waals surface area contributed by atoms with E-state index in [1.807, 2.05) is 4.68 Å². The molecule has 1 aromatic heterocycles. The molecule has 0 radical (unpaired) electrons. The van der Waals surface area contributed by atoms with Crippen LogP contribution in [0.3, 0.4) is 0 Å². The van der Waals surface area contributed by atoms with Crippen LogP contribution >= 0.6 is 0 Å². The fourth-order valence-corrected chi connectivity index (χ4v) is 2.97. The van der Waals surface area contributed by atoms with Gasteiger partial charge in [0.2, 0.25) is 0 Å². The molecule has 0 aromatic carbocycles. The van der Waals surface area contributed by atoms with E-state index in [1.54, 1.807) is 7.11 Å². The van der Waals surface area contributed by atoms with E-state index in [9.17, 15) is 4.79 Å². The molecule has 4 nitrogen and oxygen atoms in total. The van der Waals surface area contributed by atoms with Crippen molar-refractivity contribution in [2.24, 2.45) is 0 Å². The van der Waals surface area contributed by atoms with Gasteiger partial charge in [0.25, 0.3) is 0 Å². The summed E-state index contributed by atoms with van der Waals surface area (Å²) in [7, 11) is 1.66. The molecular weight excluding hydrogens is 240 g/mol. The molecule has 0 spiro atoms. The van der Waals surface area contributed by atoms with Crippen molar-refractivity contribution in [3.63, 3.8) is 0 Å². The van der Waals surface area contributed by atoms with Crippen molar-refractivity contribution >= 4 is 5.78 Å². The van der Waals surface area contributed by atoms with Gasteiger partial charge in [-0.2, -0.15) is 5.10 Å². The van der Waals surface area contributed by atoms with Crippen molar-refractivity contribution in [1.29, 1.82) is 0 Å². The van der Waals surface area contributed by atoms with Crippen LogP contribution in [0.1, 0.15) is 50.9 Å². The van der Waals surface area contributed by atoms with Gasteiger partial charge in [-0.25, -0.2) is 0 Å². The van der Waals surface area contributed by atoms with Gasteiger partial charge < -0.3 is 4.74 Å². The summed E-state index contributed by atoms with van der Waals surface area (Å²) in [5.41, 5.74) is 1.55. The number of hydrogen-bond donors (Lipinski definition) is 0. The Morgan fingerprint density at radius 2 is 2.11 bits per heavy atom. The highest BCUT2D eigenvalue weighted by Gasteiger charge is 2.40. The normalized spacial score (nSPS) is 17.8. The fourth-order valence-electron chi connectivity index (χ4n) is 2.97. The third kappa shape index (κ3) is 2.73. The number of methoxy groups -OCH3 is 1. The van der Waals surface area contributed by atoms with Crippen LogP contribution in [-0.2, 0) is 28.9 Å². The molecule has 1 heterocycles. The van der Waals surface area contributed by atoms with Crippen LogP contribution in [0.15, 0.2) is 6.07 Å². The van der Waals surface area contributed by atoms with Gasteiger partial charge in [-0.15, -0.1) is 0 Å². The van der Waals surface area contributed by atoms with Gasteiger partial charge in [0.15, 0.2) is 5.78 Å². The molecule has 0 aliphatic heterocycles. The molecule has 0 atom stereocenters. The number of hydrogen-bond acceptors (Lipinski definition) is 3. The minimum absolute atomic E-state index is 0.213. The Balaban J connectivity index is 2.16. The molecule has 19 heavy (non-hydrogen) atoms. The standard InChI is InChI=1S/C15H24N2O2/c1-4-12-10-13(17(5-2)16-12)11-14(18)15(19-3)8-6-7-9-15/h10H,4-9,11H2,1-3H3. The maximum Gasteiger partial charge on any atom is 0.170 e. The summed E-state index contributed by atoms with van der Waals surface area (Å²) in [6.45, 7) is 4.95. The lowest BCUT2D eigenvalue weighted by Crippen LogP contribution is -2.39. The second-order valence-corrected chi connectivity index (χ2v) is 5.30. The van der Waals surface area contributed by atoms with Crippen LogP contribution in [0.25, 0.3) is 0 Å². The van der Waals surface area contributed by atoms with E-state index in [0.29, 0.717) is 6.42 Å². The Kier molecular flexibility index (Phi) is 4.40. The largest absolute Gasteiger partial charge is 0.370 e. The third-order valence-electron chi connectivity index (χ3n) is 4.23. The lowest BCUT2D eigenvalue weighted by molar-refractivity contribution is -0.139. The Bertz CT molecular complexity index is 445. The van der Waals surface area contributed by atoms with Gasteiger partial charge >= 0.3 is 0 Å². The lowest BCUT2D eigenvalue weighted by atomic mass is 9.93. The molecule has 0 saturated heterocycles. The molecule has 4 heteroatoms. The van der Waals surface area contributed by atoms with Gasteiger partial charge in [0, 0.05) is 19.3 Å². The zero-order valence-corrected chi connectivity index (χ0v) is 12.2. The van der Waals surface area contributed by atoms with Gasteiger partial charge in [-0.3, -0.25) is 9.48 Å². The zero-order chi connectivity index (χ0) is 13.9. The SMILES string of the molecule is CCc1cc(CC(=O)C2(OC)CCCC2)n(CC)n1. The van der Waals surface area contributed by atoms with Crippen LogP contribution < -0.4 is 0 Å². The summed E-state index contributed by atoms with van der Waals surface area (Å²) < 4.78 is 7.50. The number of ether oxygens (including phenoxy) is 1. The van der Waals surface area contributed by atoms with Gasteiger partial charge in [0.1, 0.15) is 5.60 Å². The number of rotatable bonds is 6. The second-order valence-electron chi connectivity index (χ2n) is 5.30. The first-order valence-electron chi connectivity index (χ1n) is 7.29. The molecule has 0 bridgehead atoms. The number of aryl methyl sites for hydroxylation is 2. The monoisotopic (exact) mass is 264 g/mol. The molecule has 1 fully saturated rings. The van der Waals surface area contributed by atoms with Crippen molar-refractivity contribution in [2.75, 3.05) is 7.11 Å². The number of Topliss-reactive ketones (excluding diaryl/α,β-unsaturated/α-hetero) is 1. The topological polar surface area (TPSA) is 44.1 Å². The predicted octanol–water partition coefficient (Wildman–Crippen LogP) is 2.54. The van der Waals surface area contributed by atoms with Crippen LogP contribution in [-0.4, -0.2) is 28.3 Å². The molecule has 106 valence electrons. The zero-order valence-electron chi connectivity index (χ0n) is 12.2. The molecule has 2 rings (SSSR count). The minimum Gasteiger partial charge on any atom is -0.370 e. The molecule has 0 unspecified atom stereocenters. The lowest BCUT2D eigenvalue weighted by Gasteiger charge is -2.25. The maximum absolute atomic E-state index is 12.6. The molecule has 1 aliphatic rings. The smallest absolute Gasteiger partial charge is 0.170 e. The number of ketones is 1. The fraction of sp³-hybridized carbons (Fsp3) is 0.733. The van der Waals surface area contributed by atoms with Crippen LogP contribution in [0.4, 0.5) is 0 Å². The highest BCUT2D eigenvalue weighted by molar-refractivity contribution is 5.89. The summed E-state index contributed by atoms with van der Waals surface area (Å²) in [6.07, 6.45) is 5.25. The Morgan fingerprint density at radius 3 is 2.63 bits per heavy atom. The number of carbonyl (C=O) groups excluding carboxylic acids is 1. The minimum atomic E-state index is -0.533. The third-order valence-corrected chi connectivity index (χ3v) is 4.23. The van der Waals surface area contributed by atoms with Crippen LogP contribution in [0.2, 0.25) is 0 Å². The summed E-state index contributed by atoms with van der Waals surface area (Å²) in [4.78, 5) is 12.6. The highest BCUT2D eigenvalue weighted by Crippen LogP contribution is 2.34. The molecule has 1 aliphatic carbocycles. The van der Waals surface area contributed by atoms with E-state index in [1.165, 1.54) is 0 Å². The second kappa shape index (κ2) is 5.87. The van der Waals surface area contributed by atoms with Crippen LogP contribution in [0.5, 0.6) is 0 Å². The summed E-state index contributed by atoms with van der Waals surface area (Å²) in [5.74, 6) is 0.213. The first-order valence-corrected chi connectivity index (χ1v) is 7.29. The van der Waals surface area contributed by atoms with Gasteiger partial charge in [-0.05, 0) is 45.1 Å². The summed E-state index contributed by atoms with van der Waals surface area (Å²) in [6, 6.07) is 2.06. The molecular formula is C15H24N2O2. The summed E-state index contributed by atoms with van der Waals surface area (Å²) in [5, 5.41) is 4.50. The van der Waals surface area contributed by atoms with Crippen molar-refractivity contribution in [2.45, 2.75) is 64.5 Å². The first kappa shape index (κ1) is 14.3. The van der Waals surface area contributed by atoms with E-state index >= 15 is 0 Å². The van der Waals surface area contributed by atoms with Crippen LogP contribution in [0, 0.1) is 0 Å². The molecule has 0 amide bonds. The average Bonchev–Trinajstić information content (AvgIpc) is 3.05. The van der Waals surface area contributed by atoms with Gasteiger partial charge in [-0.1, -0.05) is 6.92 Å². The Morgan fingerprint density at radius 1 is 1.42 bits per heavy atom. The Hall–Kier alpha value is -1.16. The first-order chi connectivity index (χ1) is 9.15. The van der Waals surface area contributed by atoms with E-state index < -0.39 is 5.60 Å². The summed E-state index contributed by atoms with van der Waals surface area (Å²) >= 11 is 0. The number of carbonyl (C=O) groups is 1. The number of nitrogens with zero attached hydrogens (tertiary/aromatic N) is 2. The maximum atomic E-state index is 12.6. The molecule has 1 aromatic rings. The predicted molar refractivity (Wildman–Crippen MR) is 74.2 cm³/mol. The van der Waals surface area contributed by atoms with Crippen molar-refractivity contribution in [1.82, 2.24) is 9.78 Å². The Labute approximate surface area is 115 Å². The highest BCUT2D eigenvalue weighted by atomic mass is 16.5. The van der Waals surface area contributed by atoms with Crippen molar-refractivity contribution in [3.05, 3.63) is 17.5 Å². The number of aromatic nitrogens is 2. The van der Waals surface area contributed by atoms with Crippen molar-refractivity contribution < 1.29 is 9.53 Å². The average molecular weight is 264 g/mol. The van der Waals surface area contributed by atoms with Crippen molar-refractivity contribution in [3.8, 4) is 0 Å². The van der Waals surface area contributed by atoms with E-state index in [2.05, 4.69) is 25.0 Å². The van der Waals surface area contributed by atoms with E-state index in [4.69, 9.17) is 4.74 Å². The molecule has 0 N–H and O–H groups in total. The van der Waals surface area contributed by atoms with E-state index in [-0.39, 0.29) is 5.78 Å². The van der Waals surface area contributed by atoms with Gasteiger partial charge in [0.05, 0.1) is 12.1 Å².